The molecule has 170 valence electrons. The molecule has 1 aliphatic heterocycles. The van der Waals surface area contributed by atoms with E-state index in [-0.39, 0.29) is 10.7 Å². The monoisotopic (exact) mass is 448 g/mol. The number of sulfonamides is 1. The zero-order valence-electron chi connectivity index (χ0n) is 18.8. The van der Waals surface area contributed by atoms with E-state index in [0.717, 1.165) is 17.0 Å². The van der Waals surface area contributed by atoms with Crippen molar-refractivity contribution in [2.45, 2.75) is 64.3 Å². The Hall–Kier alpha value is -1.97. The first-order chi connectivity index (χ1) is 14.7. The molecular weight excluding hydrogens is 416 g/mol. The zero-order valence-corrected chi connectivity index (χ0v) is 19.7. The summed E-state index contributed by atoms with van der Waals surface area (Å²) in [6.07, 6.45) is 4.88. The summed E-state index contributed by atoms with van der Waals surface area (Å²) in [5.74, 6) is 0.423. The molecule has 2 aliphatic rings. The lowest BCUT2D eigenvalue weighted by Gasteiger charge is -2.33. The van der Waals surface area contributed by atoms with Crippen LogP contribution in [-0.2, 0) is 10.0 Å². The molecular formula is C22H32N4O4S. The van der Waals surface area contributed by atoms with Gasteiger partial charge >= 0.3 is 0 Å². The molecule has 0 amide bonds. The number of Topliss-reactive ketones (excluding diaryl/α,β-unsaturated/α-hetero) is 1. The maximum atomic E-state index is 13.1. The van der Waals surface area contributed by atoms with Crippen LogP contribution >= 0.6 is 0 Å². The molecule has 0 atom stereocenters. The fourth-order valence-corrected chi connectivity index (χ4v) is 6.89. The van der Waals surface area contributed by atoms with Gasteiger partial charge in [0.15, 0.2) is 11.5 Å². The summed E-state index contributed by atoms with van der Waals surface area (Å²) in [6, 6.07) is 2.54. The first-order valence-corrected chi connectivity index (χ1v) is 12.5. The maximum absolute atomic E-state index is 13.1. The summed E-state index contributed by atoms with van der Waals surface area (Å²) in [4.78, 5) is 15.3. The number of carbonyl (C=O) groups is 1. The summed E-state index contributed by atoms with van der Waals surface area (Å²) < 4.78 is 34.8. The van der Waals surface area contributed by atoms with Crippen LogP contribution in [-0.4, -0.2) is 65.9 Å². The van der Waals surface area contributed by atoms with Crippen molar-refractivity contribution in [2.24, 2.45) is 0 Å². The first kappa shape index (κ1) is 22.2. The van der Waals surface area contributed by atoms with Gasteiger partial charge in [-0.1, -0.05) is 18.0 Å². The van der Waals surface area contributed by atoms with E-state index in [2.05, 4.69) is 16.6 Å². The minimum absolute atomic E-state index is 0.111. The van der Waals surface area contributed by atoms with Crippen LogP contribution in [0.25, 0.3) is 0 Å². The van der Waals surface area contributed by atoms with Crippen LogP contribution in [0, 0.1) is 27.7 Å². The van der Waals surface area contributed by atoms with Crippen molar-refractivity contribution in [2.75, 3.05) is 32.7 Å². The third-order valence-electron chi connectivity index (χ3n) is 6.74. The number of rotatable bonds is 6. The molecule has 0 N–H and O–H groups in total. The Labute approximate surface area is 184 Å². The highest BCUT2D eigenvalue weighted by Crippen LogP contribution is 2.33. The summed E-state index contributed by atoms with van der Waals surface area (Å²) in [5, 5.41) is 3.77. The van der Waals surface area contributed by atoms with Crippen LogP contribution in [0.15, 0.2) is 15.5 Å². The minimum atomic E-state index is -3.64. The SMILES string of the molecule is Cc1noc(C)c1S(=O)(=O)N1CCN(CC(=O)c2cc(C)n(C3CCCC3)c2C)CC1. The largest absolute Gasteiger partial charge is 0.360 e. The van der Waals surface area contributed by atoms with E-state index in [0.29, 0.717) is 50.2 Å². The molecule has 1 aliphatic carbocycles. The molecule has 0 radical (unpaired) electrons. The van der Waals surface area contributed by atoms with Crippen LogP contribution in [0.2, 0.25) is 0 Å². The van der Waals surface area contributed by atoms with Crippen molar-refractivity contribution in [3.63, 3.8) is 0 Å². The number of hydrogen-bond acceptors (Lipinski definition) is 6. The Morgan fingerprint density at radius 2 is 1.74 bits per heavy atom. The number of ketones is 1. The standard InChI is InChI=1S/C22H32N4O4S/c1-15-13-20(17(3)26(15)19-7-5-6-8-19)21(27)14-24-9-11-25(12-10-24)31(28,29)22-16(2)23-30-18(22)4/h13,19H,5-12,14H2,1-4H3. The average Bonchev–Trinajstić information content (AvgIpc) is 3.42. The summed E-state index contributed by atoms with van der Waals surface area (Å²) >= 11 is 0. The number of aryl methyl sites for hydroxylation is 3. The van der Waals surface area contributed by atoms with Crippen molar-refractivity contribution in [3.8, 4) is 0 Å². The smallest absolute Gasteiger partial charge is 0.248 e. The molecule has 31 heavy (non-hydrogen) atoms. The molecule has 1 saturated heterocycles. The second-order valence-electron chi connectivity index (χ2n) is 8.85. The van der Waals surface area contributed by atoms with E-state index in [9.17, 15) is 13.2 Å². The first-order valence-electron chi connectivity index (χ1n) is 11.1. The van der Waals surface area contributed by atoms with Gasteiger partial charge in [-0.05, 0) is 46.6 Å². The zero-order chi connectivity index (χ0) is 22.3. The molecule has 0 aromatic carbocycles. The minimum Gasteiger partial charge on any atom is -0.360 e. The summed E-state index contributed by atoms with van der Waals surface area (Å²) in [5.41, 5.74) is 3.40. The Morgan fingerprint density at radius 1 is 1.10 bits per heavy atom. The molecule has 3 heterocycles. The molecule has 1 saturated carbocycles. The van der Waals surface area contributed by atoms with Crippen molar-refractivity contribution in [1.29, 1.82) is 0 Å². The van der Waals surface area contributed by atoms with E-state index >= 15 is 0 Å². The molecule has 2 aromatic heterocycles. The Balaban J connectivity index is 1.40. The fourth-order valence-electron chi connectivity index (χ4n) is 5.17. The molecule has 0 spiro atoms. The number of nitrogens with zero attached hydrogens (tertiary/aromatic N) is 4. The van der Waals surface area contributed by atoms with E-state index in [1.165, 1.54) is 30.0 Å². The van der Waals surface area contributed by atoms with E-state index < -0.39 is 10.0 Å². The quantitative estimate of drug-likeness (QED) is 0.631. The second kappa shape index (κ2) is 8.52. The Bertz CT molecular complexity index is 1050. The highest BCUT2D eigenvalue weighted by atomic mass is 32.2. The van der Waals surface area contributed by atoms with Gasteiger partial charge in [-0.15, -0.1) is 0 Å². The van der Waals surface area contributed by atoms with Gasteiger partial charge < -0.3 is 9.09 Å². The Kier molecular flexibility index (Phi) is 6.11. The third kappa shape index (κ3) is 4.10. The lowest BCUT2D eigenvalue weighted by atomic mass is 10.1. The molecule has 0 bridgehead atoms. The van der Waals surface area contributed by atoms with Crippen LogP contribution in [0.1, 0.15) is 64.9 Å². The number of piperazine rings is 1. The van der Waals surface area contributed by atoms with E-state index in [4.69, 9.17) is 4.52 Å². The van der Waals surface area contributed by atoms with Crippen molar-refractivity contribution >= 4 is 15.8 Å². The second-order valence-corrected chi connectivity index (χ2v) is 10.7. The number of aromatic nitrogens is 2. The summed E-state index contributed by atoms with van der Waals surface area (Å²) in [6.45, 7) is 9.44. The lowest BCUT2D eigenvalue weighted by Crippen LogP contribution is -2.49. The van der Waals surface area contributed by atoms with Crippen LogP contribution in [0.3, 0.4) is 0 Å². The van der Waals surface area contributed by atoms with Crippen LogP contribution in [0.4, 0.5) is 0 Å². The normalized spacial score (nSPS) is 19.4. The van der Waals surface area contributed by atoms with Crippen molar-refractivity contribution in [1.82, 2.24) is 18.9 Å². The predicted molar refractivity (Wildman–Crippen MR) is 117 cm³/mol. The molecule has 2 aromatic rings. The highest BCUT2D eigenvalue weighted by Gasteiger charge is 2.34. The van der Waals surface area contributed by atoms with Gasteiger partial charge in [-0.2, -0.15) is 4.31 Å². The van der Waals surface area contributed by atoms with Gasteiger partial charge in [0.1, 0.15) is 10.6 Å². The fraction of sp³-hybridized carbons (Fsp3) is 0.636. The third-order valence-corrected chi connectivity index (χ3v) is 8.88. The predicted octanol–water partition coefficient (Wildman–Crippen LogP) is 3.01. The van der Waals surface area contributed by atoms with Gasteiger partial charge in [-0.25, -0.2) is 8.42 Å². The van der Waals surface area contributed by atoms with Gasteiger partial charge in [0.25, 0.3) is 0 Å². The summed E-state index contributed by atoms with van der Waals surface area (Å²) in [7, 11) is -3.64. The van der Waals surface area contributed by atoms with Crippen LogP contribution < -0.4 is 0 Å². The average molecular weight is 449 g/mol. The van der Waals surface area contributed by atoms with E-state index in [1.807, 2.05) is 17.9 Å². The molecule has 2 fully saturated rings. The maximum Gasteiger partial charge on any atom is 0.248 e. The van der Waals surface area contributed by atoms with Gasteiger partial charge in [0.2, 0.25) is 10.0 Å². The number of hydrogen-bond donors (Lipinski definition) is 0. The van der Waals surface area contributed by atoms with Gasteiger partial charge in [0, 0.05) is 49.2 Å². The molecule has 0 unspecified atom stereocenters. The molecule has 4 rings (SSSR count). The van der Waals surface area contributed by atoms with E-state index in [1.54, 1.807) is 13.8 Å². The van der Waals surface area contributed by atoms with Crippen molar-refractivity contribution in [3.05, 3.63) is 34.5 Å². The van der Waals surface area contributed by atoms with Gasteiger partial charge in [0.05, 0.1) is 6.54 Å². The van der Waals surface area contributed by atoms with Gasteiger partial charge in [-0.3, -0.25) is 9.69 Å². The lowest BCUT2D eigenvalue weighted by molar-refractivity contribution is 0.0901. The number of carbonyl (C=O) groups excluding carboxylic acids is 1. The molecule has 9 heteroatoms. The van der Waals surface area contributed by atoms with Crippen molar-refractivity contribution < 1.29 is 17.7 Å². The highest BCUT2D eigenvalue weighted by molar-refractivity contribution is 7.89. The molecule has 8 nitrogen and oxygen atoms in total. The Morgan fingerprint density at radius 3 is 2.32 bits per heavy atom. The topological polar surface area (TPSA) is 88.7 Å². The van der Waals surface area contributed by atoms with Crippen LogP contribution in [0.5, 0.6) is 0 Å².